The van der Waals surface area contributed by atoms with Crippen molar-refractivity contribution < 1.29 is 9.47 Å². The molecule has 36 heavy (non-hydrogen) atoms. The van der Waals surface area contributed by atoms with Crippen molar-refractivity contribution in [3.8, 4) is 23.6 Å². The first kappa shape index (κ1) is 27.7. The van der Waals surface area contributed by atoms with E-state index >= 15 is 0 Å². The van der Waals surface area contributed by atoms with Crippen molar-refractivity contribution in [1.82, 2.24) is 4.90 Å². The van der Waals surface area contributed by atoms with Crippen LogP contribution in [0.2, 0.25) is 0 Å². The monoisotopic (exact) mass is 506 g/mol. The van der Waals surface area contributed by atoms with Crippen LogP contribution in [0.5, 0.6) is 11.5 Å². The molecule has 0 amide bonds. The van der Waals surface area contributed by atoms with Gasteiger partial charge in [-0.05, 0) is 44.0 Å². The predicted molar refractivity (Wildman–Crippen MR) is 147 cm³/mol. The molecule has 0 aliphatic carbocycles. The average Bonchev–Trinajstić information content (AvgIpc) is 2.89. The maximum Gasteiger partial charge on any atom is 0.163 e. The van der Waals surface area contributed by atoms with Crippen LogP contribution in [0.3, 0.4) is 0 Å². The molecule has 2 aromatic rings. The van der Waals surface area contributed by atoms with Crippen LogP contribution in [0.25, 0.3) is 0 Å². The number of benzene rings is 2. The number of para-hydroxylation sites is 1. The Balaban J connectivity index is 2.20. The molecule has 0 bridgehead atoms. The van der Waals surface area contributed by atoms with Gasteiger partial charge >= 0.3 is 0 Å². The number of nitriles is 2. The van der Waals surface area contributed by atoms with Crippen molar-refractivity contribution in [1.29, 1.82) is 10.5 Å². The zero-order valence-corrected chi connectivity index (χ0v) is 23.1. The summed E-state index contributed by atoms with van der Waals surface area (Å²) in [6.07, 6.45) is 2.89. The van der Waals surface area contributed by atoms with Gasteiger partial charge in [-0.1, -0.05) is 64.9 Å². The average molecular weight is 507 g/mol. The third-order valence-corrected chi connectivity index (χ3v) is 7.58. The second-order valence-electron chi connectivity index (χ2n) is 9.29. The Hall–Kier alpha value is -2.87. The largest absolute Gasteiger partial charge is 0.491 e. The smallest absolute Gasteiger partial charge is 0.163 e. The van der Waals surface area contributed by atoms with Gasteiger partial charge in [0.1, 0.15) is 35.6 Å². The van der Waals surface area contributed by atoms with Gasteiger partial charge in [-0.3, -0.25) is 0 Å². The van der Waals surface area contributed by atoms with E-state index in [0.717, 1.165) is 66.6 Å². The Morgan fingerprint density at radius 3 is 2.28 bits per heavy atom. The topological polar surface area (TPSA) is 72.5 Å². The molecule has 7 heteroatoms. The first-order valence-electron chi connectivity index (χ1n) is 13.1. The number of likely N-dealkylation sites (N-methyl/N-ethyl adjacent to an activating group) is 1. The molecular formula is C29H38N4O2S. The van der Waals surface area contributed by atoms with Crippen molar-refractivity contribution in [2.45, 2.75) is 63.7 Å². The highest BCUT2D eigenvalue weighted by molar-refractivity contribution is 7.99. The van der Waals surface area contributed by atoms with Crippen molar-refractivity contribution in [2.24, 2.45) is 5.92 Å². The summed E-state index contributed by atoms with van der Waals surface area (Å²) in [5.41, 5.74) is 2.47. The van der Waals surface area contributed by atoms with Gasteiger partial charge < -0.3 is 19.3 Å². The van der Waals surface area contributed by atoms with E-state index in [1.807, 2.05) is 12.1 Å². The number of hydrogen-bond acceptors (Lipinski definition) is 7. The van der Waals surface area contributed by atoms with Crippen LogP contribution in [-0.4, -0.2) is 44.3 Å². The molecule has 1 aliphatic rings. The summed E-state index contributed by atoms with van der Waals surface area (Å²) in [5, 5.41) is 20.4. The van der Waals surface area contributed by atoms with Gasteiger partial charge in [0, 0.05) is 18.0 Å². The third kappa shape index (κ3) is 6.09. The lowest BCUT2D eigenvalue weighted by atomic mass is 10.0. The summed E-state index contributed by atoms with van der Waals surface area (Å²) in [7, 11) is 0. The number of ether oxygens (including phenoxy) is 2. The van der Waals surface area contributed by atoms with E-state index in [0.29, 0.717) is 30.6 Å². The Bertz CT molecular complexity index is 1120. The fraction of sp³-hybridized carbons (Fsp3) is 0.517. The van der Waals surface area contributed by atoms with Gasteiger partial charge in [-0.25, -0.2) is 0 Å². The van der Waals surface area contributed by atoms with Crippen LogP contribution in [-0.2, 0) is 0 Å². The van der Waals surface area contributed by atoms with Crippen LogP contribution in [0.1, 0.15) is 65.0 Å². The molecule has 192 valence electrons. The van der Waals surface area contributed by atoms with Gasteiger partial charge in [0.2, 0.25) is 0 Å². The highest BCUT2D eigenvalue weighted by Crippen LogP contribution is 2.57. The first-order valence-corrected chi connectivity index (χ1v) is 13.9. The van der Waals surface area contributed by atoms with E-state index in [9.17, 15) is 10.5 Å². The van der Waals surface area contributed by atoms with E-state index in [1.165, 1.54) is 0 Å². The van der Waals surface area contributed by atoms with Crippen LogP contribution in [0, 0.1) is 28.6 Å². The minimum absolute atomic E-state index is 0.261. The molecule has 0 atom stereocenters. The van der Waals surface area contributed by atoms with Crippen LogP contribution < -0.4 is 14.4 Å². The van der Waals surface area contributed by atoms with E-state index < -0.39 is 0 Å². The number of nitrogens with zero attached hydrogens (tertiary/aromatic N) is 4. The predicted octanol–water partition coefficient (Wildman–Crippen LogP) is 6.98. The maximum atomic E-state index is 10.3. The summed E-state index contributed by atoms with van der Waals surface area (Å²) in [6, 6.07) is 12.9. The van der Waals surface area contributed by atoms with E-state index in [4.69, 9.17) is 9.47 Å². The summed E-state index contributed by atoms with van der Waals surface area (Å²) < 4.78 is 12.7. The van der Waals surface area contributed by atoms with Gasteiger partial charge in [-0.15, -0.1) is 0 Å². The van der Waals surface area contributed by atoms with E-state index in [2.05, 4.69) is 68.7 Å². The second kappa shape index (κ2) is 13.4. The van der Waals surface area contributed by atoms with Gasteiger partial charge in [0.15, 0.2) is 11.5 Å². The molecule has 6 nitrogen and oxygen atoms in total. The zero-order valence-electron chi connectivity index (χ0n) is 22.3. The molecule has 0 saturated carbocycles. The van der Waals surface area contributed by atoms with E-state index in [1.54, 1.807) is 11.8 Å². The van der Waals surface area contributed by atoms with E-state index in [-0.39, 0.29) is 11.1 Å². The molecule has 0 saturated heterocycles. The van der Waals surface area contributed by atoms with Crippen molar-refractivity contribution >= 4 is 23.1 Å². The SMILES string of the molecule is CCCCN1c2ccccc2Sc2c(OCCC(C)C)c(C#N)c(C#N)c(OCCN(CC)CC)c21. The molecule has 0 unspecified atom stereocenters. The Morgan fingerprint density at radius 2 is 1.64 bits per heavy atom. The Labute approximate surface area is 220 Å². The fourth-order valence-corrected chi connectivity index (χ4v) is 5.46. The van der Waals surface area contributed by atoms with Crippen molar-refractivity contribution in [3.05, 3.63) is 35.4 Å². The molecule has 0 spiro atoms. The molecule has 2 aromatic carbocycles. The zero-order chi connectivity index (χ0) is 26.1. The second-order valence-corrected chi connectivity index (χ2v) is 10.3. The van der Waals surface area contributed by atoms with Gasteiger partial charge in [0.05, 0.1) is 17.2 Å². The summed E-state index contributed by atoms with van der Waals surface area (Å²) in [4.78, 5) is 6.51. The molecule has 0 radical (unpaired) electrons. The number of hydrogen-bond donors (Lipinski definition) is 0. The van der Waals surface area contributed by atoms with Gasteiger partial charge in [0.25, 0.3) is 0 Å². The minimum Gasteiger partial charge on any atom is -0.491 e. The molecule has 0 N–H and O–H groups in total. The number of anilines is 2. The lowest BCUT2D eigenvalue weighted by Gasteiger charge is -2.36. The Morgan fingerprint density at radius 1 is 0.972 bits per heavy atom. The van der Waals surface area contributed by atoms with Crippen molar-refractivity contribution in [3.63, 3.8) is 0 Å². The first-order chi connectivity index (χ1) is 17.5. The molecule has 1 aliphatic heterocycles. The fourth-order valence-electron chi connectivity index (χ4n) is 4.26. The van der Waals surface area contributed by atoms with Gasteiger partial charge in [-0.2, -0.15) is 10.5 Å². The van der Waals surface area contributed by atoms with Crippen LogP contribution >= 0.6 is 11.8 Å². The maximum absolute atomic E-state index is 10.3. The standard InChI is InChI=1S/C29H38N4O2S/c1-6-9-15-33-24-12-10-11-13-25(24)36-29-26(33)27(35-18-16-32(7-2)8-3)22(19-30)23(20-31)28(29)34-17-14-21(4)5/h10-13,21H,6-9,14-18H2,1-5H3. The highest BCUT2D eigenvalue weighted by Gasteiger charge is 2.34. The third-order valence-electron chi connectivity index (χ3n) is 6.43. The van der Waals surface area contributed by atoms with Crippen molar-refractivity contribution in [2.75, 3.05) is 44.3 Å². The lowest BCUT2D eigenvalue weighted by molar-refractivity contribution is 0.222. The normalized spacial score (nSPS) is 12.2. The molecular weight excluding hydrogens is 468 g/mol. The van der Waals surface area contributed by atoms with Crippen LogP contribution in [0.4, 0.5) is 11.4 Å². The molecule has 0 aromatic heterocycles. The minimum atomic E-state index is 0.261. The molecule has 3 rings (SSSR count). The number of fused-ring (bicyclic) bond motifs is 2. The number of rotatable bonds is 13. The molecule has 1 heterocycles. The molecule has 0 fully saturated rings. The highest BCUT2D eigenvalue weighted by atomic mass is 32.2. The van der Waals surface area contributed by atoms with Crippen LogP contribution in [0.15, 0.2) is 34.1 Å². The summed E-state index contributed by atoms with van der Waals surface area (Å²) in [6.45, 7) is 15.1. The summed E-state index contributed by atoms with van der Waals surface area (Å²) >= 11 is 1.60. The lowest BCUT2D eigenvalue weighted by Crippen LogP contribution is -2.29. The number of unbranched alkanes of at least 4 members (excludes halogenated alkanes) is 1. The Kier molecular flexibility index (Phi) is 10.3. The quantitative estimate of drug-likeness (QED) is 0.290. The summed E-state index contributed by atoms with van der Waals surface area (Å²) in [5.74, 6) is 1.46.